The third kappa shape index (κ3) is 7.47. The van der Waals surface area contributed by atoms with Crippen molar-refractivity contribution in [3.63, 3.8) is 0 Å². The lowest BCUT2D eigenvalue weighted by atomic mass is 10.2. The fourth-order valence-electron chi connectivity index (χ4n) is 2.74. The lowest BCUT2D eigenvalue weighted by Gasteiger charge is -2.20. The lowest BCUT2D eigenvalue weighted by Crippen LogP contribution is -2.45. The van der Waals surface area contributed by atoms with Crippen LogP contribution in [-0.2, 0) is 4.79 Å². The van der Waals surface area contributed by atoms with Crippen LogP contribution >= 0.6 is 24.0 Å². The molecule has 1 aliphatic rings. The molecule has 7 nitrogen and oxygen atoms in total. The molecule has 0 saturated carbocycles. The monoisotopic (exact) mass is 492 g/mol. The smallest absolute Gasteiger partial charge is 0.222 e. The van der Waals surface area contributed by atoms with E-state index in [-0.39, 0.29) is 47.7 Å². The zero-order valence-electron chi connectivity index (χ0n) is 16.2. The van der Waals surface area contributed by atoms with Crippen molar-refractivity contribution in [2.24, 2.45) is 10.9 Å². The minimum absolute atomic E-state index is 0. The van der Waals surface area contributed by atoms with Gasteiger partial charge in [0.25, 0.3) is 0 Å². The van der Waals surface area contributed by atoms with Gasteiger partial charge in [0.15, 0.2) is 17.6 Å². The maximum absolute atomic E-state index is 13.9. The van der Waals surface area contributed by atoms with Gasteiger partial charge in [0.1, 0.15) is 0 Å². The summed E-state index contributed by atoms with van der Waals surface area (Å²) in [6, 6.07) is 3.19. The first-order valence-electron chi connectivity index (χ1n) is 9.19. The molecular weight excluding hydrogens is 462 g/mol. The predicted octanol–water partition coefficient (Wildman–Crippen LogP) is 1.74. The number of nitrogens with zero attached hydrogens (tertiary/aromatic N) is 3. The van der Waals surface area contributed by atoms with Gasteiger partial charge in [-0.1, -0.05) is 13.8 Å². The van der Waals surface area contributed by atoms with Gasteiger partial charge in [-0.05, 0) is 25.5 Å². The second kappa shape index (κ2) is 11.9. The van der Waals surface area contributed by atoms with Crippen LogP contribution in [0.4, 0.5) is 10.2 Å². The molecule has 1 fully saturated rings. The molecule has 1 saturated heterocycles. The van der Waals surface area contributed by atoms with E-state index in [0.29, 0.717) is 31.4 Å². The minimum Gasteiger partial charge on any atom is -0.357 e. The Morgan fingerprint density at radius 1 is 1.44 bits per heavy atom. The maximum atomic E-state index is 13.9. The summed E-state index contributed by atoms with van der Waals surface area (Å²) in [5, 5.41) is 9.43. The molecule has 0 aliphatic carbocycles. The molecule has 1 amide bonds. The van der Waals surface area contributed by atoms with Gasteiger partial charge in [0, 0.05) is 44.3 Å². The molecule has 9 heteroatoms. The molecule has 1 aliphatic heterocycles. The molecule has 27 heavy (non-hydrogen) atoms. The van der Waals surface area contributed by atoms with Gasteiger partial charge in [-0.15, -0.1) is 24.0 Å². The molecule has 0 spiro atoms. The molecule has 1 aromatic heterocycles. The van der Waals surface area contributed by atoms with Crippen molar-refractivity contribution in [1.29, 1.82) is 0 Å². The Kier molecular flexibility index (Phi) is 10.3. The summed E-state index contributed by atoms with van der Waals surface area (Å²) in [6.07, 6.45) is 2.49. The van der Waals surface area contributed by atoms with Crippen LogP contribution in [0.25, 0.3) is 0 Å². The summed E-state index contributed by atoms with van der Waals surface area (Å²) >= 11 is 0. The Morgan fingerprint density at radius 3 is 2.89 bits per heavy atom. The summed E-state index contributed by atoms with van der Waals surface area (Å²) in [4.78, 5) is 22.1. The maximum Gasteiger partial charge on any atom is 0.222 e. The summed E-state index contributed by atoms with van der Waals surface area (Å²) in [5.74, 6) is 0.813. The van der Waals surface area contributed by atoms with Crippen LogP contribution in [0.5, 0.6) is 0 Å². The molecule has 1 unspecified atom stereocenters. The van der Waals surface area contributed by atoms with Crippen LogP contribution in [0.1, 0.15) is 27.2 Å². The first-order valence-corrected chi connectivity index (χ1v) is 9.19. The predicted molar refractivity (Wildman–Crippen MR) is 117 cm³/mol. The number of nitrogens with one attached hydrogen (secondary N) is 3. The second-order valence-electron chi connectivity index (χ2n) is 6.59. The van der Waals surface area contributed by atoms with Crippen LogP contribution in [-0.4, -0.2) is 55.6 Å². The summed E-state index contributed by atoms with van der Waals surface area (Å²) < 4.78 is 13.9. The van der Waals surface area contributed by atoms with Gasteiger partial charge in [-0.3, -0.25) is 9.79 Å². The van der Waals surface area contributed by atoms with E-state index in [0.717, 1.165) is 19.5 Å². The van der Waals surface area contributed by atoms with E-state index in [4.69, 9.17) is 0 Å². The highest BCUT2D eigenvalue weighted by Crippen LogP contribution is 2.20. The Balaban J connectivity index is 0.00000364. The number of hydrogen-bond donors (Lipinski definition) is 3. The summed E-state index contributed by atoms with van der Waals surface area (Å²) in [7, 11) is 0. The van der Waals surface area contributed by atoms with Crippen molar-refractivity contribution < 1.29 is 9.18 Å². The molecule has 2 heterocycles. The fourth-order valence-corrected chi connectivity index (χ4v) is 2.74. The molecule has 0 radical (unpaired) electrons. The van der Waals surface area contributed by atoms with Crippen LogP contribution < -0.4 is 20.9 Å². The van der Waals surface area contributed by atoms with Gasteiger partial charge in [0.2, 0.25) is 5.91 Å². The highest BCUT2D eigenvalue weighted by molar-refractivity contribution is 14.0. The van der Waals surface area contributed by atoms with Crippen LogP contribution in [0.3, 0.4) is 0 Å². The molecule has 152 valence electrons. The Bertz CT molecular complexity index is 628. The van der Waals surface area contributed by atoms with Gasteiger partial charge < -0.3 is 20.9 Å². The van der Waals surface area contributed by atoms with Gasteiger partial charge in [-0.2, -0.15) is 0 Å². The number of rotatable bonds is 7. The Labute approximate surface area is 177 Å². The Hall–Kier alpha value is -1.65. The summed E-state index contributed by atoms with van der Waals surface area (Å²) in [5.41, 5.74) is 0. The molecule has 1 atom stereocenters. The number of guanidine groups is 1. The van der Waals surface area contributed by atoms with Crippen molar-refractivity contribution >= 4 is 41.7 Å². The van der Waals surface area contributed by atoms with Gasteiger partial charge in [0.05, 0.1) is 6.54 Å². The number of carbonyl (C=O) groups is 1. The van der Waals surface area contributed by atoms with E-state index < -0.39 is 0 Å². The van der Waals surface area contributed by atoms with E-state index in [2.05, 4.69) is 25.9 Å². The van der Waals surface area contributed by atoms with E-state index in [9.17, 15) is 9.18 Å². The highest BCUT2D eigenvalue weighted by atomic mass is 127. The zero-order valence-corrected chi connectivity index (χ0v) is 18.5. The van der Waals surface area contributed by atoms with Crippen LogP contribution in [0.15, 0.2) is 23.3 Å². The second-order valence-corrected chi connectivity index (χ2v) is 6.59. The number of carbonyl (C=O) groups excluding carboxylic acids is 1. The average molecular weight is 492 g/mol. The molecule has 0 bridgehead atoms. The van der Waals surface area contributed by atoms with E-state index in [1.54, 1.807) is 12.3 Å². The molecule has 0 aromatic carbocycles. The first kappa shape index (κ1) is 23.4. The first-order chi connectivity index (χ1) is 12.5. The quantitative estimate of drug-likeness (QED) is 0.234. The number of pyridine rings is 1. The third-order valence-electron chi connectivity index (χ3n) is 4.12. The third-order valence-corrected chi connectivity index (χ3v) is 4.12. The van der Waals surface area contributed by atoms with E-state index in [1.165, 1.54) is 6.07 Å². The van der Waals surface area contributed by atoms with Crippen LogP contribution in [0.2, 0.25) is 0 Å². The SMILES string of the molecule is CCNC(=NCCNC(=O)C(C)C)NC1CCN(c2ncccc2F)C1.I. The van der Waals surface area contributed by atoms with E-state index >= 15 is 0 Å². The van der Waals surface area contributed by atoms with Crippen molar-refractivity contribution in [2.45, 2.75) is 33.2 Å². The highest BCUT2D eigenvalue weighted by Gasteiger charge is 2.25. The molecule has 3 N–H and O–H groups in total. The van der Waals surface area contributed by atoms with Gasteiger partial charge >= 0.3 is 0 Å². The number of halogens is 2. The van der Waals surface area contributed by atoms with Crippen molar-refractivity contribution in [3.05, 3.63) is 24.1 Å². The van der Waals surface area contributed by atoms with Crippen LogP contribution in [0, 0.1) is 11.7 Å². The number of hydrogen-bond acceptors (Lipinski definition) is 4. The normalized spacial score (nSPS) is 16.9. The van der Waals surface area contributed by atoms with Crippen molar-refractivity contribution in [2.75, 3.05) is 37.6 Å². The Morgan fingerprint density at radius 2 is 2.22 bits per heavy atom. The molecular formula is C18H30FIN6O. The van der Waals surface area contributed by atoms with Crippen molar-refractivity contribution in [3.8, 4) is 0 Å². The topological polar surface area (TPSA) is 81.6 Å². The standard InChI is InChI=1S/C18H29FN6O.HI/c1-4-20-18(23-10-9-22-17(26)13(2)3)24-14-7-11-25(12-14)16-15(19)6-5-8-21-16;/h5-6,8,13-14H,4,7,9-12H2,1-3H3,(H,22,26)(H2,20,23,24);1H. The lowest BCUT2D eigenvalue weighted by molar-refractivity contribution is -0.123. The average Bonchev–Trinajstić information content (AvgIpc) is 3.07. The number of anilines is 1. The largest absolute Gasteiger partial charge is 0.357 e. The number of amides is 1. The molecule has 1 aromatic rings. The minimum atomic E-state index is -0.297. The fraction of sp³-hybridized carbons (Fsp3) is 0.611. The zero-order chi connectivity index (χ0) is 18.9. The summed E-state index contributed by atoms with van der Waals surface area (Å²) in [6.45, 7) is 8.89. The number of aromatic nitrogens is 1. The van der Waals surface area contributed by atoms with Gasteiger partial charge in [-0.25, -0.2) is 9.37 Å². The van der Waals surface area contributed by atoms with E-state index in [1.807, 2.05) is 25.7 Å². The molecule has 2 rings (SSSR count). The number of aliphatic imine (C=N–C) groups is 1. The van der Waals surface area contributed by atoms with Crippen molar-refractivity contribution in [1.82, 2.24) is 20.9 Å².